The molecule has 0 aliphatic heterocycles. The zero-order chi connectivity index (χ0) is 13.2. The Bertz CT molecular complexity index is 654. The fourth-order valence-corrected chi connectivity index (χ4v) is 2.36. The minimum absolute atomic E-state index is 0.0454. The van der Waals surface area contributed by atoms with Crippen LogP contribution in [-0.4, -0.2) is 13.4 Å². The molecule has 5 nitrogen and oxygen atoms in total. The quantitative estimate of drug-likeness (QED) is 0.804. The summed E-state index contributed by atoms with van der Waals surface area (Å²) in [5.41, 5.74) is 7.40. The van der Waals surface area contributed by atoms with Crippen molar-refractivity contribution < 1.29 is 8.42 Å². The van der Waals surface area contributed by atoms with Gasteiger partial charge in [-0.25, -0.2) is 13.6 Å². The van der Waals surface area contributed by atoms with E-state index in [1.54, 1.807) is 12.3 Å². The molecule has 0 fully saturated rings. The van der Waals surface area contributed by atoms with Crippen LogP contribution in [-0.2, 0) is 16.4 Å². The van der Waals surface area contributed by atoms with Crippen LogP contribution in [0.15, 0.2) is 47.5 Å². The molecule has 18 heavy (non-hydrogen) atoms. The van der Waals surface area contributed by atoms with Crippen LogP contribution in [0.2, 0.25) is 0 Å². The average molecular weight is 263 g/mol. The number of aromatic nitrogens is 1. The van der Waals surface area contributed by atoms with Gasteiger partial charge in [0.2, 0.25) is 10.0 Å². The molecule has 0 aliphatic carbocycles. The van der Waals surface area contributed by atoms with E-state index in [1.165, 1.54) is 12.1 Å². The van der Waals surface area contributed by atoms with E-state index in [1.807, 2.05) is 18.2 Å². The van der Waals surface area contributed by atoms with E-state index in [2.05, 4.69) is 4.98 Å². The molecule has 0 spiro atoms. The van der Waals surface area contributed by atoms with Crippen molar-refractivity contribution in [2.24, 2.45) is 5.14 Å². The van der Waals surface area contributed by atoms with Gasteiger partial charge in [-0.1, -0.05) is 12.1 Å². The smallest absolute Gasteiger partial charge is 0.240 e. The van der Waals surface area contributed by atoms with Crippen molar-refractivity contribution in [3.8, 4) is 0 Å². The van der Waals surface area contributed by atoms with Crippen LogP contribution in [0.1, 0.15) is 11.3 Å². The summed E-state index contributed by atoms with van der Waals surface area (Å²) in [5.74, 6) is 0. The molecule has 0 saturated carbocycles. The lowest BCUT2D eigenvalue weighted by Gasteiger charge is -2.06. The Hall–Kier alpha value is -1.92. The van der Waals surface area contributed by atoms with Crippen LogP contribution in [0.3, 0.4) is 0 Å². The van der Waals surface area contributed by atoms with Gasteiger partial charge in [0.15, 0.2) is 0 Å². The molecular weight excluding hydrogens is 250 g/mol. The summed E-state index contributed by atoms with van der Waals surface area (Å²) in [6.07, 6.45) is 2.22. The Morgan fingerprint density at radius 1 is 1.17 bits per heavy atom. The van der Waals surface area contributed by atoms with Crippen LogP contribution in [0.5, 0.6) is 0 Å². The third-order valence-corrected chi connectivity index (χ3v) is 3.46. The van der Waals surface area contributed by atoms with E-state index in [9.17, 15) is 8.42 Å². The van der Waals surface area contributed by atoms with E-state index in [0.29, 0.717) is 6.42 Å². The number of primary sulfonamides is 1. The molecule has 0 unspecified atom stereocenters. The van der Waals surface area contributed by atoms with E-state index in [0.717, 1.165) is 11.3 Å². The molecule has 94 valence electrons. The van der Waals surface area contributed by atoms with Gasteiger partial charge < -0.3 is 5.73 Å². The second kappa shape index (κ2) is 4.75. The van der Waals surface area contributed by atoms with Crippen molar-refractivity contribution in [2.75, 3.05) is 5.73 Å². The molecule has 2 rings (SSSR count). The average Bonchev–Trinajstić information content (AvgIpc) is 2.31. The summed E-state index contributed by atoms with van der Waals surface area (Å²) < 4.78 is 22.7. The lowest BCUT2D eigenvalue weighted by molar-refractivity contribution is 0.598. The van der Waals surface area contributed by atoms with Gasteiger partial charge in [0.1, 0.15) is 4.90 Å². The van der Waals surface area contributed by atoms with Gasteiger partial charge in [-0.3, -0.25) is 4.98 Å². The van der Waals surface area contributed by atoms with Crippen LogP contribution in [0.25, 0.3) is 0 Å². The van der Waals surface area contributed by atoms with Gasteiger partial charge in [-0.05, 0) is 29.8 Å². The molecule has 0 aliphatic rings. The van der Waals surface area contributed by atoms with Crippen molar-refractivity contribution in [2.45, 2.75) is 11.3 Å². The third kappa shape index (κ3) is 2.85. The molecule has 0 radical (unpaired) electrons. The molecule has 4 N–H and O–H groups in total. The molecule has 0 bridgehead atoms. The number of rotatable bonds is 3. The molecule has 1 heterocycles. The summed E-state index contributed by atoms with van der Waals surface area (Å²) in [6.45, 7) is 0. The second-order valence-electron chi connectivity index (χ2n) is 3.92. The Morgan fingerprint density at radius 3 is 2.56 bits per heavy atom. The van der Waals surface area contributed by atoms with Crippen molar-refractivity contribution >= 4 is 15.7 Å². The number of nitrogens with zero attached hydrogens (tertiary/aromatic N) is 1. The monoisotopic (exact) mass is 263 g/mol. The van der Waals surface area contributed by atoms with Crippen molar-refractivity contribution in [3.05, 3.63) is 53.9 Å². The number of nitrogens with two attached hydrogens (primary N) is 2. The van der Waals surface area contributed by atoms with Crippen LogP contribution in [0.4, 0.5) is 5.69 Å². The highest BCUT2D eigenvalue weighted by molar-refractivity contribution is 7.89. The maximum atomic E-state index is 11.3. The van der Waals surface area contributed by atoms with Crippen LogP contribution < -0.4 is 10.9 Å². The number of hydrogen-bond acceptors (Lipinski definition) is 4. The minimum Gasteiger partial charge on any atom is -0.398 e. The van der Waals surface area contributed by atoms with E-state index in [4.69, 9.17) is 10.9 Å². The van der Waals surface area contributed by atoms with Gasteiger partial charge in [-0.15, -0.1) is 0 Å². The Kier molecular flexibility index (Phi) is 3.31. The lowest BCUT2D eigenvalue weighted by atomic mass is 10.1. The highest BCUT2D eigenvalue weighted by atomic mass is 32.2. The number of nitrogen functional groups attached to an aromatic ring is 1. The Labute approximate surface area is 106 Å². The van der Waals surface area contributed by atoms with Gasteiger partial charge in [0.05, 0.1) is 5.69 Å². The Balaban J connectivity index is 2.37. The van der Waals surface area contributed by atoms with Crippen LogP contribution >= 0.6 is 0 Å². The zero-order valence-corrected chi connectivity index (χ0v) is 10.4. The van der Waals surface area contributed by atoms with Gasteiger partial charge in [0, 0.05) is 18.3 Å². The standard InChI is InChI=1S/C12H13N3O2S/c13-11-5-4-9(8-12(11)18(14,16)17)7-10-3-1-2-6-15-10/h1-6,8H,7,13H2,(H2,14,16,17). The SMILES string of the molecule is Nc1ccc(Cc2ccccn2)cc1S(N)(=O)=O. The molecule has 2 aromatic rings. The zero-order valence-electron chi connectivity index (χ0n) is 9.58. The fraction of sp³-hybridized carbons (Fsp3) is 0.0833. The molecule has 1 aromatic heterocycles. The number of benzene rings is 1. The maximum Gasteiger partial charge on any atom is 0.240 e. The van der Waals surface area contributed by atoms with E-state index < -0.39 is 10.0 Å². The number of hydrogen-bond donors (Lipinski definition) is 2. The first kappa shape index (κ1) is 12.5. The van der Waals surface area contributed by atoms with Gasteiger partial charge in [0.25, 0.3) is 0 Å². The first-order valence-corrected chi connectivity index (χ1v) is 6.82. The molecule has 0 atom stereocenters. The number of anilines is 1. The second-order valence-corrected chi connectivity index (χ2v) is 5.44. The van der Waals surface area contributed by atoms with E-state index in [-0.39, 0.29) is 10.6 Å². The minimum atomic E-state index is -3.79. The molecule has 6 heteroatoms. The summed E-state index contributed by atoms with van der Waals surface area (Å²) in [6, 6.07) is 10.4. The fourth-order valence-electron chi connectivity index (χ4n) is 1.65. The highest BCUT2D eigenvalue weighted by Crippen LogP contribution is 2.19. The predicted molar refractivity (Wildman–Crippen MR) is 69.3 cm³/mol. The third-order valence-electron chi connectivity index (χ3n) is 2.50. The molecular formula is C12H13N3O2S. The molecule has 1 aromatic carbocycles. The maximum absolute atomic E-state index is 11.3. The largest absolute Gasteiger partial charge is 0.398 e. The van der Waals surface area contributed by atoms with Gasteiger partial charge >= 0.3 is 0 Å². The summed E-state index contributed by atoms with van der Waals surface area (Å²) in [5, 5.41) is 5.10. The molecule has 0 saturated heterocycles. The van der Waals surface area contributed by atoms with Crippen molar-refractivity contribution in [3.63, 3.8) is 0 Å². The molecule has 0 amide bonds. The van der Waals surface area contributed by atoms with Crippen molar-refractivity contribution in [1.82, 2.24) is 4.98 Å². The lowest BCUT2D eigenvalue weighted by Crippen LogP contribution is -2.14. The Morgan fingerprint density at radius 2 is 1.94 bits per heavy atom. The summed E-state index contributed by atoms with van der Waals surface area (Å²) >= 11 is 0. The first-order valence-electron chi connectivity index (χ1n) is 5.28. The van der Waals surface area contributed by atoms with E-state index >= 15 is 0 Å². The normalized spacial score (nSPS) is 11.4. The first-order chi connectivity index (χ1) is 8.47. The summed E-state index contributed by atoms with van der Waals surface area (Å²) in [4.78, 5) is 4.13. The number of pyridine rings is 1. The predicted octanol–water partition coefficient (Wildman–Crippen LogP) is 0.902. The van der Waals surface area contributed by atoms with Gasteiger partial charge in [-0.2, -0.15) is 0 Å². The highest BCUT2D eigenvalue weighted by Gasteiger charge is 2.13. The van der Waals surface area contributed by atoms with Crippen LogP contribution in [0, 0.1) is 0 Å². The number of sulfonamides is 1. The van der Waals surface area contributed by atoms with Crippen molar-refractivity contribution in [1.29, 1.82) is 0 Å². The topological polar surface area (TPSA) is 99.1 Å². The summed E-state index contributed by atoms with van der Waals surface area (Å²) in [7, 11) is -3.79.